The molecule has 0 radical (unpaired) electrons. The van der Waals surface area contributed by atoms with Crippen molar-refractivity contribution in [2.75, 3.05) is 7.11 Å². The maximum absolute atomic E-state index is 14.1. The lowest BCUT2D eigenvalue weighted by atomic mass is 9.39. The van der Waals surface area contributed by atoms with Crippen molar-refractivity contribution in [3.63, 3.8) is 0 Å². The van der Waals surface area contributed by atoms with Crippen LogP contribution in [0.1, 0.15) is 110 Å². The summed E-state index contributed by atoms with van der Waals surface area (Å²) < 4.78 is 11.8. The largest absolute Gasteiger partial charge is 0.493 e. The summed E-state index contributed by atoms with van der Waals surface area (Å²) in [5.74, 6) is 4.28. The van der Waals surface area contributed by atoms with Crippen LogP contribution in [0.15, 0.2) is 43.5 Å². The van der Waals surface area contributed by atoms with Crippen molar-refractivity contribution in [2.45, 2.75) is 111 Å². The summed E-state index contributed by atoms with van der Waals surface area (Å²) in [5.41, 5.74) is 1.38. The molecule has 0 amide bonds. The van der Waals surface area contributed by atoms with Crippen molar-refractivity contribution in [1.82, 2.24) is 0 Å². The summed E-state index contributed by atoms with van der Waals surface area (Å²) in [6, 6.07) is 5.86. The molecule has 8 atom stereocenters. The van der Waals surface area contributed by atoms with E-state index in [0.29, 0.717) is 58.3 Å². The van der Waals surface area contributed by atoms with E-state index in [9.17, 15) is 9.59 Å². The maximum Gasteiger partial charge on any atom is 0.317 e. The van der Waals surface area contributed by atoms with E-state index < -0.39 is 0 Å². The molecule has 0 N–H and O–H groups in total. The molecule has 0 aromatic heterocycles. The first-order chi connectivity index (χ1) is 20.1. The van der Waals surface area contributed by atoms with Crippen LogP contribution >= 0.6 is 0 Å². The van der Waals surface area contributed by atoms with Crippen LogP contribution in [-0.4, -0.2) is 19.4 Å². The Kier molecular flexibility index (Phi) is 10.5. The summed E-state index contributed by atoms with van der Waals surface area (Å²) in [5, 5.41) is 0. The number of benzene rings is 1. The second-order valence-electron chi connectivity index (χ2n) is 14.4. The second kappa shape index (κ2) is 13.5. The number of hydrogen-bond donors (Lipinski definition) is 0. The van der Waals surface area contributed by atoms with Crippen LogP contribution in [0.3, 0.4) is 0 Å². The number of esters is 1. The minimum atomic E-state index is -0.357. The van der Waals surface area contributed by atoms with E-state index in [4.69, 9.17) is 9.47 Å². The lowest BCUT2D eigenvalue weighted by Crippen LogP contribution is -2.59. The molecule has 0 saturated heterocycles. The van der Waals surface area contributed by atoms with Gasteiger partial charge in [-0.15, -0.1) is 13.2 Å². The van der Waals surface area contributed by atoms with Gasteiger partial charge in [-0.1, -0.05) is 45.4 Å². The van der Waals surface area contributed by atoms with E-state index in [1.807, 2.05) is 31.2 Å². The number of carbonyl (C=O) groups excluding carboxylic acids is 2. The van der Waals surface area contributed by atoms with Crippen LogP contribution < -0.4 is 9.47 Å². The lowest BCUT2D eigenvalue weighted by molar-refractivity contribution is -0.179. The van der Waals surface area contributed by atoms with Gasteiger partial charge in [-0.3, -0.25) is 4.79 Å². The Morgan fingerprint density at radius 2 is 1.79 bits per heavy atom. The number of unbranched alkanes of at least 4 members (excludes halogenated alkanes) is 1. The Morgan fingerprint density at radius 3 is 2.48 bits per heavy atom. The third-order valence-electron chi connectivity index (χ3n) is 12.5. The van der Waals surface area contributed by atoms with E-state index in [1.165, 1.54) is 25.7 Å². The van der Waals surface area contributed by atoms with Crippen LogP contribution in [0.4, 0.5) is 0 Å². The number of fused-ring (bicyclic) bond motifs is 5. The highest BCUT2D eigenvalue weighted by Crippen LogP contribution is 2.70. The first-order valence-corrected chi connectivity index (χ1v) is 16.7. The highest BCUT2D eigenvalue weighted by molar-refractivity contribution is 5.81. The van der Waals surface area contributed by atoms with Gasteiger partial charge in [-0.2, -0.15) is 0 Å². The fourth-order valence-corrected chi connectivity index (χ4v) is 10.4. The van der Waals surface area contributed by atoms with Crippen molar-refractivity contribution in [2.24, 2.45) is 45.8 Å². The molecule has 232 valence electrons. The molecular formula is C38H56O4. The quantitative estimate of drug-likeness (QED) is 0.0966. The highest BCUT2D eigenvalue weighted by atomic mass is 16.6. The summed E-state index contributed by atoms with van der Waals surface area (Å²) in [6.45, 7) is 16.7. The van der Waals surface area contributed by atoms with Gasteiger partial charge in [0.25, 0.3) is 0 Å². The summed E-state index contributed by atoms with van der Waals surface area (Å²) >= 11 is 0. The standard InChI is InChI=1S/C35H50O4.C3H6/c1-6-10-25-12-14-29(30(23-25)38-5)39-32(37)35-19-9-11-28(35)26-13-15-31-33(3,18-7-8-22-36)24(2)16-20-34(31,4)27(26)17-21-35;1-3-2/h6,12,14,22-24,26-28,31H,1,7-11,13,15-21H2,2-5H3;3H,1H2,2H3. The molecule has 4 fully saturated rings. The monoisotopic (exact) mass is 576 g/mol. The van der Waals surface area contributed by atoms with Gasteiger partial charge in [0.2, 0.25) is 0 Å². The Balaban J connectivity index is 0.00000129. The van der Waals surface area contributed by atoms with Gasteiger partial charge in [0.15, 0.2) is 11.5 Å². The van der Waals surface area contributed by atoms with Gasteiger partial charge in [-0.05, 0) is 136 Å². The summed E-state index contributed by atoms with van der Waals surface area (Å²) in [6.07, 6.45) is 18.8. The Bertz CT molecular complexity index is 1120. The van der Waals surface area contributed by atoms with Crippen LogP contribution in [0.2, 0.25) is 0 Å². The second-order valence-corrected chi connectivity index (χ2v) is 14.4. The van der Waals surface area contributed by atoms with Crippen molar-refractivity contribution < 1.29 is 19.1 Å². The van der Waals surface area contributed by atoms with E-state index >= 15 is 0 Å². The summed E-state index contributed by atoms with van der Waals surface area (Å²) in [4.78, 5) is 25.2. The zero-order chi connectivity index (χ0) is 30.5. The molecule has 1 aromatic carbocycles. The van der Waals surface area contributed by atoms with Crippen molar-refractivity contribution >= 4 is 12.3 Å². The average Bonchev–Trinajstić information content (AvgIpc) is 3.43. The van der Waals surface area contributed by atoms with Crippen molar-refractivity contribution in [1.29, 1.82) is 0 Å². The number of aldehydes is 1. The highest BCUT2D eigenvalue weighted by Gasteiger charge is 2.64. The molecule has 0 aliphatic heterocycles. The Hall–Kier alpha value is -2.36. The third-order valence-corrected chi connectivity index (χ3v) is 12.5. The molecule has 5 rings (SSSR count). The molecule has 4 nitrogen and oxygen atoms in total. The lowest BCUT2D eigenvalue weighted by Gasteiger charge is -2.65. The average molecular weight is 577 g/mol. The number of ether oxygens (including phenoxy) is 2. The van der Waals surface area contributed by atoms with Gasteiger partial charge >= 0.3 is 5.97 Å². The molecule has 4 heteroatoms. The van der Waals surface area contributed by atoms with E-state index in [2.05, 4.69) is 33.9 Å². The molecular weight excluding hydrogens is 520 g/mol. The smallest absolute Gasteiger partial charge is 0.317 e. The van der Waals surface area contributed by atoms with E-state index in [0.717, 1.165) is 63.2 Å². The van der Waals surface area contributed by atoms with Gasteiger partial charge in [-0.25, -0.2) is 0 Å². The molecule has 0 bridgehead atoms. The van der Waals surface area contributed by atoms with Crippen LogP contribution in [0.25, 0.3) is 0 Å². The zero-order valence-corrected chi connectivity index (χ0v) is 27.1. The first kappa shape index (κ1) is 32.6. The van der Waals surface area contributed by atoms with Crippen LogP contribution in [0, 0.1) is 45.8 Å². The topological polar surface area (TPSA) is 52.6 Å². The van der Waals surface area contributed by atoms with Crippen molar-refractivity contribution in [3.8, 4) is 11.5 Å². The SMILES string of the molecule is C=CC.C=CCc1ccc(OC(=O)C23CCCC2C2CCC4C(C)(CCCC=O)C(C)CCC4(C)C2CC3)c(OC)c1. The molecule has 1 aromatic rings. The molecule has 8 unspecified atom stereocenters. The normalized spacial score (nSPS) is 36.6. The first-order valence-electron chi connectivity index (χ1n) is 16.7. The Labute approximate surface area is 255 Å². The van der Waals surface area contributed by atoms with Crippen LogP contribution in [-0.2, 0) is 16.0 Å². The number of methoxy groups -OCH3 is 1. The maximum atomic E-state index is 14.1. The van der Waals surface area contributed by atoms with Crippen LogP contribution in [0.5, 0.6) is 11.5 Å². The third kappa shape index (κ3) is 5.76. The number of hydrogen-bond acceptors (Lipinski definition) is 4. The van der Waals surface area contributed by atoms with Gasteiger partial charge < -0.3 is 14.3 Å². The minimum Gasteiger partial charge on any atom is -0.493 e. The number of carbonyl (C=O) groups is 2. The minimum absolute atomic E-state index is 0.0264. The fraction of sp³-hybridized carbons (Fsp3) is 0.684. The predicted octanol–water partition coefficient (Wildman–Crippen LogP) is 9.56. The van der Waals surface area contributed by atoms with Gasteiger partial charge in [0, 0.05) is 6.42 Å². The number of allylic oxidation sites excluding steroid dienone is 2. The van der Waals surface area contributed by atoms with E-state index in [-0.39, 0.29) is 11.4 Å². The Morgan fingerprint density at radius 1 is 1.02 bits per heavy atom. The predicted molar refractivity (Wildman–Crippen MR) is 172 cm³/mol. The molecule has 42 heavy (non-hydrogen) atoms. The van der Waals surface area contributed by atoms with E-state index in [1.54, 1.807) is 13.2 Å². The van der Waals surface area contributed by atoms with Crippen molar-refractivity contribution in [3.05, 3.63) is 49.1 Å². The molecule has 4 aliphatic carbocycles. The zero-order valence-electron chi connectivity index (χ0n) is 27.1. The number of rotatable bonds is 9. The molecule has 4 aliphatic rings. The molecule has 0 spiro atoms. The summed E-state index contributed by atoms with van der Waals surface area (Å²) in [7, 11) is 1.64. The molecule has 4 saturated carbocycles. The van der Waals surface area contributed by atoms with Gasteiger partial charge in [0.05, 0.1) is 12.5 Å². The fourth-order valence-electron chi connectivity index (χ4n) is 10.4. The molecule has 0 heterocycles. The van der Waals surface area contributed by atoms with Gasteiger partial charge in [0.1, 0.15) is 6.29 Å².